The van der Waals surface area contributed by atoms with Crippen molar-refractivity contribution in [2.45, 2.75) is 50.4 Å². The Balaban J connectivity index is 0.00000180. The van der Waals surface area contributed by atoms with E-state index in [4.69, 9.17) is 4.74 Å². The molecule has 0 amide bonds. The van der Waals surface area contributed by atoms with Gasteiger partial charge in [-0.1, -0.05) is 0 Å². The Hall–Kier alpha value is -2.59. The first-order valence-electron chi connectivity index (χ1n) is 8.82. The van der Waals surface area contributed by atoms with Crippen molar-refractivity contribution >= 4 is 12.4 Å². The summed E-state index contributed by atoms with van der Waals surface area (Å²) in [5.41, 5.74) is 0.820. The van der Waals surface area contributed by atoms with E-state index < -0.39 is 0 Å². The summed E-state index contributed by atoms with van der Waals surface area (Å²) in [6, 6.07) is 5.26. The largest absolute Gasteiger partial charge is 0.486 e. The molecule has 27 heavy (non-hydrogen) atoms. The lowest BCUT2D eigenvalue weighted by Crippen LogP contribution is -2.39. The van der Waals surface area contributed by atoms with Crippen molar-refractivity contribution in [2.75, 3.05) is 0 Å². The predicted octanol–water partition coefficient (Wildman–Crippen LogP) is 1.11. The molecule has 2 aliphatic heterocycles. The van der Waals surface area contributed by atoms with Gasteiger partial charge in [-0.3, -0.25) is 0 Å². The molecule has 2 bridgehead atoms. The van der Waals surface area contributed by atoms with Gasteiger partial charge in [-0.2, -0.15) is 19.7 Å². The lowest BCUT2D eigenvalue weighted by molar-refractivity contribution is 0.255. The molecule has 5 rings (SSSR count). The van der Waals surface area contributed by atoms with Crippen molar-refractivity contribution in [1.82, 2.24) is 45.5 Å². The van der Waals surface area contributed by atoms with Crippen molar-refractivity contribution in [3.05, 3.63) is 36.5 Å². The van der Waals surface area contributed by atoms with Crippen molar-refractivity contribution in [3.63, 3.8) is 0 Å². The summed E-state index contributed by atoms with van der Waals surface area (Å²) >= 11 is 0. The first-order chi connectivity index (χ1) is 12.8. The van der Waals surface area contributed by atoms with E-state index in [1.807, 2.05) is 10.9 Å². The predicted molar refractivity (Wildman–Crippen MR) is 96.8 cm³/mol. The zero-order valence-corrected chi connectivity index (χ0v) is 15.4. The van der Waals surface area contributed by atoms with Crippen LogP contribution in [0.5, 0.6) is 5.75 Å². The van der Waals surface area contributed by atoms with Gasteiger partial charge in [0.2, 0.25) is 0 Å². The number of ether oxygens (including phenoxy) is 1. The smallest absolute Gasteiger partial charge is 0.157 e. The van der Waals surface area contributed by atoms with Crippen LogP contribution in [-0.2, 0) is 6.61 Å². The molecule has 11 heteroatoms. The lowest BCUT2D eigenvalue weighted by Gasteiger charge is -2.28. The minimum atomic E-state index is 0. The fourth-order valence-corrected chi connectivity index (χ4v) is 3.78. The molecule has 0 aliphatic carbocycles. The number of hydrogen-bond acceptors (Lipinski definition) is 8. The van der Waals surface area contributed by atoms with Gasteiger partial charge < -0.3 is 10.1 Å². The molecule has 2 fully saturated rings. The molecule has 3 aromatic rings. The molecule has 0 unspecified atom stereocenters. The van der Waals surface area contributed by atoms with Gasteiger partial charge in [0.1, 0.15) is 24.4 Å². The normalized spacial score (nSPS) is 23.8. The molecule has 3 aromatic heterocycles. The molecule has 5 heterocycles. The van der Waals surface area contributed by atoms with Crippen LogP contribution in [0.25, 0.3) is 5.82 Å². The van der Waals surface area contributed by atoms with E-state index in [0.717, 1.165) is 18.5 Å². The van der Waals surface area contributed by atoms with Crippen LogP contribution in [0.3, 0.4) is 0 Å². The van der Waals surface area contributed by atoms with Crippen LogP contribution in [-0.4, -0.2) is 52.3 Å². The minimum Gasteiger partial charge on any atom is -0.486 e. The van der Waals surface area contributed by atoms with Crippen LogP contribution in [0.4, 0.5) is 0 Å². The SMILES string of the molecule is Cl.c1cc(-n2cnnn2)ncc1OCc1cnn([C@H]2C[C@H]3CC[C@@H](C2)N3)n1. The molecule has 3 atom stereocenters. The van der Waals surface area contributed by atoms with Gasteiger partial charge in [0, 0.05) is 12.1 Å². The minimum absolute atomic E-state index is 0. The highest BCUT2D eigenvalue weighted by Crippen LogP contribution is 2.33. The third-order valence-electron chi connectivity index (χ3n) is 5.02. The second-order valence-corrected chi connectivity index (χ2v) is 6.81. The quantitative estimate of drug-likeness (QED) is 0.691. The highest BCUT2D eigenvalue weighted by atomic mass is 35.5. The maximum atomic E-state index is 5.77. The van der Waals surface area contributed by atoms with Gasteiger partial charge in [0.05, 0.1) is 18.4 Å². The van der Waals surface area contributed by atoms with Crippen LogP contribution in [0.15, 0.2) is 30.9 Å². The number of nitrogens with zero attached hydrogens (tertiary/aromatic N) is 8. The molecule has 10 nitrogen and oxygen atoms in total. The average Bonchev–Trinajstić information content (AvgIpc) is 3.42. The molecular weight excluding hydrogens is 370 g/mol. The van der Waals surface area contributed by atoms with Crippen LogP contribution in [0.1, 0.15) is 37.4 Å². The van der Waals surface area contributed by atoms with Gasteiger partial charge in [-0.15, -0.1) is 17.5 Å². The summed E-state index contributed by atoms with van der Waals surface area (Å²) in [5.74, 6) is 1.30. The number of nitrogens with one attached hydrogen (secondary N) is 1. The van der Waals surface area contributed by atoms with E-state index in [9.17, 15) is 0 Å². The molecule has 2 aliphatic rings. The van der Waals surface area contributed by atoms with E-state index in [1.165, 1.54) is 23.9 Å². The number of rotatable bonds is 5. The third kappa shape index (κ3) is 3.76. The molecule has 142 valence electrons. The number of aromatic nitrogens is 8. The number of tetrazole rings is 1. The molecule has 0 aromatic carbocycles. The first-order valence-corrected chi connectivity index (χ1v) is 8.82. The zero-order valence-electron chi connectivity index (χ0n) is 14.5. The summed E-state index contributed by atoms with van der Waals surface area (Å²) in [6.45, 7) is 0.365. The van der Waals surface area contributed by atoms with Gasteiger partial charge in [0.15, 0.2) is 5.82 Å². The van der Waals surface area contributed by atoms with Gasteiger partial charge in [0.25, 0.3) is 0 Å². The molecule has 1 N–H and O–H groups in total. The lowest BCUT2D eigenvalue weighted by atomic mass is 10.0. The molecule has 2 saturated heterocycles. The number of pyridine rings is 1. The number of fused-ring (bicyclic) bond motifs is 2. The molecule has 0 radical (unpaired) electrons. The van der Waals surface area contributed by atoms with Crippen LogP contribution < -0.4 is 10.1 Å². The molecule has 0 spiro atoms. The summed E-state index contributed by atoms with van der Waals surface area (Å²) in [6.07, 6.45) is 9.67. The zero-order chi connectivity index (χ0) is 17.3. The van der Waals surface area contributed by atoms with Gasteiger partial charge in [-0.05, 0) is 48.2 Å². The average molecular weight is 390 g/mol. The second kappa shape index (κ2) is 7.57. The fourth-order valence-electron chi connectivity index (χ4n) is 3.78. The number of halogens is 1. The van der Waals surface area contributed by atoms with Crippen LogP contribution in [0.2, 0.25) is 0 Å². The third-order valence-corrected chi connectivity index (χ3v) is 5.02. The van der Waals surface area contributed by atoms with Crippen molar-refractivity contribution < 1.29 is 4.74 Å². The van der Waals surface area contributed by atoms with E-state index in [0.29, 0.717) is 36.3 Å². The van der Waals surface area contributed by atoms with Crippen LogP contribution in [0, 0.1) is 0 Å². The van der Waals surface area contributed by atoms with E-state index >= 15 is 0 Å². The topological polar surface area (TPSA) is 108 Å². The summed E-state index contributed by atoms with van der Waals surface area (Å²) < 4.78 is 7.26. The van der Waals surface area contributed by atoms with Gasteiger partial charge >= 0.3 is 0 Å². The second-order valence-electron chi connectivity index (χ2n) is 6.81. The Bertz CT molecular complexity index is 854. The number of piperidine rings is 1. The summed E-state index contributed by atoms with van der Waals surface area (Å²) in [4.78, 5) is 6.15. The monoisotopic (exact) mass is 389 g/mol. The van der Waals surface area contributed by atoms with Crippen molar-refractivity contribution in [2.24, 2.45) is 0 Å². The van der Waals surface area contributed by atoms with E-state index in [2.05, 4.69) is 36.0 Å². The molecule has 0 saturated carbocycles. The van der Waals surface area contributed by atoms with Gasteiger partial charge in [-0.25, -0.2) is 4.98 Å². The maximum absolute atomic E-state index is 5.77. The Morgan fingerprint density at radius 2 is 2.00 bits per heavy atom. The Morgan fingerprint density at radius 1 is 1.15 bits per heavy atom. The molecular formula is C16H20ClN9O. The Labute approximate surface area is 161 Å². The van der Waals surface area contributed by atoms with Crippen molar-refractivity contribution in [3.8, 4) is 11.6 Å². The summed E-state index contributed by atoms with van der Waals surface area (Å²) in [5, 5.41) is 23.7. The summed E-state index contributed by atoms with van der Waals surface area (Å²) in [7, 11) is 0. The standard InChI is InChI=1S/C16H19N9O.ClH/c1-2-12-6-14(5-11(1)20-12)25-19-7-13(21-25)9-26-15-3-4-16(17-8-15)24-10-18-22-23-24;/h3-4,7-8,10-12,14,20H,1-2,5-6,9H2;1H/t11-,12+,14+;. The Kier molecular flexibility index (Phi) is 4.99. The van der Waals surface area contributed by atoms with E-state index in [1.54, 1.807) is 18.5 Å². The first kappa shape index (κ1) is 17.8. The highest BCUT2D eigenvalue weighted by Gasteiger charge is 2.35. The van der Waals surface area contributed by atoms with Crippen LogP contribution >= 0.6 is 12.4 Å². The highest BCUT2D eigenvalue weighted by molar-refractivity contribution is 5.85. The van der Waals surface area contributed by atoms with Crippen molar-refractivity contribution in [1.29, 1.82) is 0 Å². The van der Waals surface area contributed by atoms with E-state index in [-0.39, 0.29) is 12.4 Å². The maximum Gasteiger partial charge on any atom is 0.157 e. The number of hydrogen-bond donors (Lipinski definition) is 1. The fraction of sp³-hybridized carbons (Fsp3) is 0.500. The Morgan fingerprint density at radius 3 is 2.70 bits per heavy atom.